The molecule has 0 aromatic carbocycles. The Labute approximate surface area is 72.4 Å². The van der Waals surface area contributed by atoms with E-state index in [1.54, 1.807) is 0 Å². The van der Waals surface area contributed by atoms with E-state index in [9.17, 15) is 4.79 Å². The molecule has 68 valence electrons. The Morgan fingerprint density at radius 2 is 2.25 bits per heavy atom. The maximum Gasteiger partial charge on any atom is 0.304 e. The summed E-state index contributed by atoms with van der Waals surface area (Å²) in [7, 11) is 1.86. The smallest absolute Gasteiger partial charge is 0.304 e. The molecule has 0 atom stereocenters. The number of hydrogen-bond donors (Lipinski definition) is 1. The van der Waals surface area contributed by atoms with Crippen LogP contribution in [0.1, 0.15) is 19.3 Å². The van der Waals surface area contributed by atoms with Crippen molar-refractivity contribution in [2.24, 2.45) is 0 Å². The first-order chi connectivity index (χ1) is 5.66. The Bertz CT molecular complexity index is 174. The van der Waals surface area contributed by atoms with E-state index in [-0.39, 0.29) is 6.42 Å². The van der Waals surface area contributed by atoms with Crippen LogP contribution < -0.4 is 0 Å². The molecule has 0 aliphatic heterocycles. The standard InChI is InChI=1S/C8H14N2O2/c1-10(6-3-2-5-9)7-4-8(11)12/h2-4,6-7H2,1H3,(H,11,12). The molecule has 0 aromatic rings. The Kier molecular flexibility index (Phi) is 6.02. The van der Waals surface area contributed by atoms with Crippen molar-refractivity contribution >= 4 is 5.97 Å². The minimum atomic E-state index is -0.776. The molecule has 1 N–H and O–H groups in total. The third-order valence-electron chi connectivity index (χ3n) is 1.54. The second kappa shape index (κ2) is 6.62. The van der Waals surface area contributed by atoms with Gasteiger partial charge in [-0.25, -0.2) is 0 Å². The largest absolute Gasteiger partial charge is 0.481 e. The van der Waals surface area contributed by atoms with Gasteiger partial charge >= 0.3 is 5.97 Å². The molecule has 0 spiro atoms. The van der Waals surface area contributed by atoms with Gasteiger partial charge in [0.1, 0.15) is 0 Å². The molecule has 4 nitrogen and oxygen atoms in total. The number of unbranched alkanes of at least 4 members (excludes halogenated alkanes) is 1. The molecule has 0 fully saturated rings. The van der Waals surface area contributed by atoms with Gasteiger partial charge in [0.15, 0.2) is 0 Å². The fourth-order valence-electron chi connectivity index (χ4n) is 0.826. The maximum atomic E-state index is 10.2. The normalized spacial score (nSPS) is 9.75. The zero-order valence-electron chi connectivity index (χ0n) is 7.29. The monoisotopic (exact) mass is 170 g/mol. The molecular weight excluding hydrogens is 156 g/mol. The van der Waals surface area contributed by atoms with Gasteiger partial charge in [0, 0.05) is 13.0 Å². The van der Waals surface area contributed by atoms with E-state index >= 15 is 0 Å². The molecule has 0 saturated carbocycles. The highest BCUT2D eigenvalue weighted by molar-refractivity contribution is 5.66. The minimum absolute atomic E-state index is 0.170. The van der Waals surface area contributed by atoms with Crippen LogP contribution in [0.3, 0.4) is 0 Å². The molecule has 0 amide bonds. The van der Waals surface area contributed by atoms with Gasteiger partial charge in [-0.05, 0) is 20.0 Å². The van der Waals surface area contributed by atoms with Gasteiger partial charge in [-0.2, -0.15) is 5.26 Å². The highest BCUT2D eigenvalue weighted by Crippen LogP contribution is 1.92. The molecule has 0 unspecified atom stereocenters. The topological polar surface area (TPSA) is 64.3 Å². The second-order valence-corrected chi connectivity index (χ2v) is 2.71. The summed E-state index contributed by atoms with van der Waals surface area (Å²) < 4.78 is 0. The van der Waals surface area contributed by atoms with Crippen molar-refractivity contribution in [1.82, 2.24) is 4.90 Å². The van der Waals surface area contributed by atoms with Crippen molar-refractivity contribution < 1.29 is 9.90 Å². The van der Waals surface area contributed by atoms with Crippen LogP contribution in [-0.4, -0.2) is 36.1 Å². The summed E-state index contributed by atoms with van der Waals surface area (Å²) >= 11 is 0. The summed E-state index contributed by atoms with van der Waals surface area (Å²) in [5.74, 6) is -0.776. The number of rotatable bonds is 6. The maximum absolute atomic E-state index is 10.2. The van der Waals surface area contributed by atoms with Crippen molar-refractivity contribution in [1.29, 1.82) is 5.26 Å². The van der Waals surface area contributed by atoms with Gasteiger partial charge in [-0.1, -0.05) is 0 Å². The Morgan fingerprint density at radius 3 is 2.75 bits per heavy atom. The van der Waals surface area contributed by atoms with Gasteiger partial charge in [0.05, 0.1) is 12.5 Å². The number of nitrogens with zero attached hydrogens (tertiary/aromatic N) is 2. The lowest BCUT2D eigenvalue weighted by atomic mass is 10.3. The molecule has 0 heterocycles. The molecule has 12 heavy (non-hydrogen) atoms. The lowest BCUT2D eigenvalue weighted by Crippen LogP contribution is -2.22. The molecular formula is C8H14N2O2. The fourth-order valence-corrected chi connectivity index (χ4v) is 0.826. The van der Waals surface area contributed by atoms with E-state index in [0.29, 0.717) is 13.0 Å². The Hall–Kier alpha value is -1.08. The van der Waals surface area contributed by atoms with Crippen LogP contribution in [0, 0.1) is 11.3 Å². The summed E-state index contributed by atoms with van der Waals surface area (Å²) in [6.07, 6.45) is 1.52. The van der Waals surface area contributed by atoms with E-state index in [1.165, 1.54) is 0 Å². The zero-order chi connectivity index (χ0) is 9.40. The van der Waals surface area contributed by atoms with E-state index in [1.807, 2.05) is 18.0 Å². The average Bonchev–Trinajstić information content (AvgIpc) is 2.01. The molecule has 0 rings (SSSR count). The quantitative estimate of drug-likeness (QED) is 0.596. The van der Waals surface area contributed by atoms with E-state index in [0.717, 1.165) is 13.0 Å². The Balaban J connectivity index is 3.28. The molecule has 0 bridgehead atoms. The van der Waals surface area contributed by atoms with Crippen LogP contribution in [0.15, 0.2) is 0 Å². The SMILES string of the molecule is CN(CCCC#N)CCC(=O)O. The van der Waals surface area contributed by atoms with Crippen LogP contribution >= 0.6 is 0 Å². The first-order valence-corrected chi connectivity index (χ1v) is 3.94. The van der Waals surface area contributed by atoms with Crippen LogP contribution in [0.5, 0.6) is 0 Å². The molecule has 0 aliphatic carbocycles. The van der Waals surface area contributed by atoms with Crippen LogP contribution in [-0.2, 0) is 4.79 Å². The highest BCUT2D eigenvalue weighted by atomic mass is 16.4. The van der Waals surface area contributed by atoms with Crippen molar-refractivity contribution in [3.63, 3.8) is 0 Å². The van der Waals surface area contributed by atoms with Crippen molar-refractivity contribution in [2.45, 2.75) is 19.3 Å². The molecule has 0 radical (unpaired) electrons. The molecule has 0 saturated heterocycles. The Morgan fingerprint density at radius 1 is 1.58 bits per heavy atom. The van der Waals surface area contributed by atoms with Gasteiger partial charge in [-0.3, -0.25) is 4.79 Å². The van der Waals surface area contributed by atoms with Gasteiger partial charge in [0.2, 0.25) is 0 Å². The van der Waals surface area contributed by atoms with Gasteiger partial charge in [0.25, 0.3) is 0 Å². The van der Waals surface area contributed by atoms with E-state index < -0.39 is 5.97 Å². The zero-order valence-corrected chi connectivity index (χ0v) is 7.29. The lowest BCUT2D eigenvalue weighted by molar-refractivity contribution is -0.137. The fraction of sp³-hybridized carbons (Fsp3) is 0.750. The summed E-state index contributed by atoms with van der Waals surface area (Å²) in [6, 6.07) is 2.04. The summed E-state index contributed by atoms with van der Waals surface area (Å²) in [5, 5.41) is 16.6. The van der Waals surface area contributed by atoms with E-state index in [4.69, 9.17) is 10.4 Å². The number of carbonyl (C=O) groups is 1. The third kappa shape index (κ3) is 7.03. The number of nitriles is 1. The van der Waals surface area contributed by atoms with Crippen LogP contribution in [0.2, 0.25) is 0 Å². The first-order valence-electron chi connectivity index (χ1n) is 3.94. The van der Waals surface area contributed by atoms with Gasteiger partial charge in [-0.15, -0.1) is 0 Å². The second-order valence-electron chi connectivity index (χ2n) is 2.71. The summed E-state index contributed by atoms with van der Waals surface area (Å²) in [6.45, 7) is 1.35. The first kappa shape index (κ1) is 10.9. The van der Waals surface area contributed by atoms with Crippen LogP contribution in [0.25, 0.3) is 0 Å². The highest BCUT2D eigenvalue weighted by Gasteiger charge is 2.01. The van der Waals surface area contributed by atoms with Gasteiger partial charge < -0.3 is 10.0 Å². The number of carboxylic acid groups (broad SMARTS) is 1. The predicted octanol–water partition coefficient (Wildman–Crippen LogP) is 0.697. The number of aliphatic carboxylic acids is 1. The average molecular weight is 170 g/mol. The third-order valence-corrected chi connectivity index (χ3v) is 1.54. The minimum Gasteiger partial charge on any atom is -0.481 e. The molecule has 4 heteroatoms. The van der Waals surface area contributed by atoms with Crippen molar-refractivity contribution in [3.05, 3.63) is 0 Å². The number of hydrogen-bond acceptors (Lipinski definition) is 3. The van der Waals surface area contributed by atoms with Crippen molar-refractivity contribution in [3.8, 4) is 6.07 Å². The van der Waals surface area contributed by atoms with Crippen molar-refractivity contribution in [2.75, 3.05) is 20.1 Å². The predicted molar refractivity (Wildman–Crippen MR) is 44.6 cm³/mol. The van der Waals surface area contributed by atoms with Crippen LogP contribution in [0.4, 0.5) is 0 Å². The van der Waals surface area contributed by atoms with E-state index in [2.05, 4.69) is 0 Å². The lowest BCUT2D eigenvalue weighted by Gasteiger charge is -2.13. The molecule has 0 aliphatic rings. The summed E-state index contributed by atoms with van der Waals surface area (Å²) in [4.78, 5) is 12.1. The molecule has 0 aromatic heterocycles. The summed E-state index contributed by atoms with van der Waals surface area (Å²) in [5.41, 5.74) is 0. The number of carboxylic acids is 1.